The molecule has 0 aliphatic heterocycles. The molecule has 0 saturated heterocycles. The van der Waals surface area contributed by atoms with Crippen LogP contribution in [0, 0.1) is 5.82 Å². The molecule has 0 radical (unpaired) electrons. The zero-order valence-electron chi connectivity index (χ0n) is 10.8. The first kappa shape index (κ1) is 16.2. The molecule has 0 nitrogen and oxygen atoms in total. The van der Waals surface area contributed by atoms with Crippen molar-refractivity contribution in [2.24, 2.45) is 0 Å². The second-order valence-electron chi connectivity index (χ2n) is 4.83. The van der Waals surface area contributed by atoms with Gasteiger partial charge >= 0.3 is 0 Å². The monoisotopic (exact) mass is 462 g/mol. The van der Waals surface area contributed by atoms with E-state index in [-0.39, 0.29) is 11.2 Å². The molecule has 0 saturated carbocycles. The summed E-state index contributed by atoms with van der Waals surface area (Å²) in [5.41, 5.74) is 1.75. The first-order chi connectivity index (χ1) is 9.61. The number of alkyl halides is 2. The third kappa shape index (κ3) is 3.52. The van der Waals surface area contributed by atoms with Gasteiger partial charge in [0.15, 0.2) is 0 Å². The van der Waals surface area contributed by atoms with Crippen LogP contribution in [-0.2, 0) is 11.8 Å². The largest absolute Gasteiger partial charge is 0.207 e. The molecule has 2 aromatic rings. The van der Waals surface area contributed by atoms with Gasteiger partial charge in [0, 0.05) is 20.5 Å². The lowest BCUT2D eigenvalue weighted by Crippen LogP contribution is -2.33. The average Bonchev–Trinajstić information content (AvgIpc) is 2.47. The summed E-state index contributed by atoms with van der Waals surface area (Å²) in [7, 11) is 0. The summed E-state index contributed by atoms with van der Waals surface area (Å²) in [4.78, 5) is 0. The van der Waals surface area contributed by atoms with E-state index >= 15 is 0 Å². The molecule has 0 aromatic heterocycles. The summed E-state index contributed by atoms with van der Waals surface area (Å²) in [6.07, 6.45) is 0.645. The lowest BCUT2D eigenvalue weighted by molar-refractivity contribution is 0.522. The Hall–Kier alpha value is -0.190. The fraction of sp³-hybridized carbons (Fsp3) is 0.250. The Morgan fingerprint density at radius 2 is 1.65 bits per heavy atom. The molecule has 20 heavy (non-hydrogen) atoms. The Kier molecular flexibility index (Phi) is 5.82. The molecule has 2 rings (SSSR count). The van der Waals surface area contributed by atoms with Crippen molar-refractivity contribution < 1.29 is 4.39 Å². The highest BCUT2D eigenvalue weighted by molar-refractivity contribution is 9.10. The van der Waals surface area contributed by atoms with Crippen molar-refractivity contribution in [1.82, 2.24) is 0 Å². The standard InChI is InChI=1S/C16H14Br3F/c17-10-16(11-18,13-5-3-6-14(19)8-13)9-12-4-1-2-7-15(12)20/h1-8H,9-11H2. The maximum atomic E-state index is 13.9. The smallest absolute Gasteiger partial charge is 0.126 e. The van der Waals surface area contributed by atoms with Gasteiger partial charge in [-0.05, 0) is 35.7 Å². The zero-order valence-corrected chi connectivity index (χ0v) is 15.5. The van der Waals surface area contributed by atoms with Gasteiger partial charge in [-0.2, -0.15) is 0 Å². The van der Waals surface area contributed by atoms with Crippen molar-refractivity contribution in [2.75, 3.05) is 10.7 Å². The van der Waals surface area contributed by atoms with E-state index in [1.165, 1.54) is 11.6 Å². The normalized spacial score (nSPS) is 11.6. The lowest BCUT2D eigenvalue weighted by atomic mass is 9.79. The van der Waals surface area contributed by atoms with E-state index in [0.29, 0.717) is 6.42 Å². The third-order valence-electron chi connectivity index (χ3n) is 3.44. The van der Waals surface area contributed by atoms with Crippen LogP contribution >= 0.6 is 47.8 Å². The van der Waals surface area contributed by atoms with Crippen LogP contribution < -0.4 is 0 Å². The predicted octanol–water partition coefficient (Wildman–Crippen LogP) is 5.86. The molecular weight excluding hydrogens is 451 g/mol. The van der Waals surface area contributed by atoms with Crippen LogP contribution in [0.3, 0.4) is 0 Å². The molecule has 0 amide bonds. The number of halogens is 4. The second-order valence-corrected chi connectivity index (χ2v) is 6.86. The van der Waals surface area contributed by atoms with Crippen molar-refractivity contribution in [3.63, 3.8) is 0 Å². The molecular formula is C16H14Br3F. The van der Waals surface area contributed by atoms with Gasteiger partial charge in [-0.1, -0.05) is 78.1 Å². The molecule has 2 aromatic carbocycles. The summed E-state index contributed by atoms with van der Waals surface area (Å²) in [6, 6.07) is 15.2. The van der Waals surface area contributed by atoms with Crippen molar-refractivity contribution >= 4 is 47.8 Å². The van der Waals surface area contributed by atoms with E-state index in [4.69, 9.17) is 0 Å². The predicted molar refractivity (Wildman–Crippen MR) is 93.5 cm³/mol. The summed E-state index contributed by atoms with van der Waals surface area (Å²) in [5, 5.41) is 1.52. The lowest BCUT2D eigenvalue weighted by Gasteiger charge is -2.31. The van der Waals surface area contributed by atoms with Gasteiger partial charge in [-0.25, -0.2) is 4.39 Å². The maximum Gasteiger partial charge on any atom is 0.126 e. The van der Waals surface area contributed by atoms with Crippen LogP contribution in [0.15, 0.2) is 53.0 Å². The summed E-state index contributed by atoms with van der Waals surface area (Å²) in [5.74, 6) is -0.145. The molecule has 0 unspecified atom stereocenters. The molecule has 0 bridgehead atoms. The van der Waals surface area contributed by atoms with Crippen molar-refractivity contribution in [3.8, 4) is 0 Å². The van der Waals surface area contributed by atoms with E-state index in [1.807, 2.05) is 24.3 Å². The molecule has 0 N–H and O–H groups in total. The third-order valence-corrected chi connectivity index (χ3v) is 6.08. The fourth-order valence-electron chi connectivity index (χ4n) is 2.21. The highest BCUT2D eigenvalue weighted by atomic mass is 79.9. The Labute approximate surface area is 144 Å². The van der Waals surface area contributed by atoms with Crippen LogP contribution in [0.5, 0.6) is 0 Å². The Bertz CT molecular complexity index is 579. The summed E-state index contributed by atoms with van der Waals surface area (Å²) in [6.45, 7) is 0. The van der Waals surface area contributed by atoms with Gasteiger partial charge in [0.1, 0.15) is 5.82 Å². The van der Waals surface area contributed by atoms with Crippen LogP contribution in [0.4, 0.5) is 4.39 Å². The topological polar surface area (TPSA) is 0 Å². The molecule has 0 aliphatic rings. The number of hydrogen-bond acceptors (Lipinski definition) is 0. The second kappa shape index (κ2) is 7.19. The minimum atomic E-state index is -0.175. The van der Waals surface area contributed by atoms with Gasteiger partial charge in [0.25, 0.3) is 0 Å². The molecule has 4 heteroatoms. The molecule has 0 spiro atoms. The van der Waals surface area contributed by atoms with Gasteiger partial charge in [0.05, 0.1) is 0 Å². The minimum absolute atomic E-state index is 0.145. The number of rotatable bonds is 5. The van der Waals surface area contributed by atoms with Crippen LogP contribution in [0.1, 0.15) is 11.1 Å². The van der Waals surface area contributed by atoms with E-state index in [1.54, 1.807) is 6.07 Å². The van der Waals surface area contributed by atoms with Gasteiger partial charge in [-0.15, -0.1) is 0 Å². The van der Waals surface area contributed by atoms with Crippen LogP contribution in [0.25, 0.3) is 0 Å². The van der Waals surface area contributed by atoms with Crippen molar-refractivity contribution in [1.29, 1.82) is 0 Å². The van der Waals surface area contributed by atoms with E-state index in [0.717, 1.165) is 20.7 Å². The quantitative estimate of drug-likeness (QED) is 0.486. The Balaban J connectivity index is 2.42. The van der Waals surface area contributed by atoms with E-state index in [9.17, 15) is 4.39 Å². The van der Waals surface area contributed by atoms with Gasteiger partial charge in [0.2, 0.25) is 0 Å². The van der Waals surface area contributed by atoms with E-state index < -0.39 is 0 Å². The van der Waals surface area contributed by atoms with Gasteiger partial charge in [-0.3, -0.25) is 0 Å². The first-order valence-corrected chi connectivity index (χ1v) is 9.26. The Morgan fingerprint density at radius 3 is 2.25 bits per heavy atom. The average molecular weight is 465 g/mol. The summed E-state index contributed by atoms with van der Waals surface area (Å²) < 4.78 is 15.0. The molecule has 0 fully saturated rings. The Morgan fingerprint density at radius 1 is 0.950 bits per heavy atom. The van der Waals surface area contributed by atoms with E-state index in [2.05, 4.69) is 59.9 Å². The molecule has 0 heterocycles. The van der Waals surface area contributed by atoms with Crippen molar-refractivity contribution in [2.45, 2.75) is 11.8 Å². The zero-order chi connectivity index (χ0) is 14.6. The van der Waals surface area contributed by atoms with Crippen molar-refractivity contribution in [3.05, 3.63) is 69.9 Å². The number of benzene rings is 2. The maximum absolute atomic E-state index is 13.9. The summed E-state index contributed by atoms with van der Waals surface area (Å²) >= 11 is 10.7. The fourth-order valence-corrected chi connectivity index (χ4v) is 4.58. The minimum Gasteiger partial charge on any atom is -0.207 e. The molecule has 0 aliphatic carbocycles. The molecule has 0 atom stereocenters. The highest BCUT2D eigenvalue weighted by Crippen LogP contribution is 2.34. The number of hydrogen-bond donors (Lipinski definition) is 0. The highest BCUT2D eigenvalue weighted by Gasteiger charge is 2.31. The first-order valence-electron chi connectivity index (χ1n) is 6.23. The van der Waals surface area contributed by atoms with Crippen LogP contribution in [0.2, 0.25) is 0 Å². The van der Waals surface area contributed by atoms with Gasteiger partial charge < -0.3 is 0 Å². The molecule has 106 valence electrons. The van der Waals surface area contributed by atoms with Crippen LogP contribution in [-0.4, -0.2) is 10.7 Å². The SMILES string of the molecule is Fc1ccccc1CC(CBr)(CBr)c1cccc(Br)c1.